The minimum Gasteiger partial charge on any atom is -0.504 e. The van der Waals surface area contributed by atoms with E-state index < -0.39 is 5.91 Å². The molecule has 0 bridgehead atoms. The Bertz CT molecular complexity index is 855. The van der Waals surface area contributed by atoms with Crippen molar-refractivity contribution in [1.29, 1.82) is 5.26 Å². The summed E-state index contributed by atoms with van der Waals surface area (Å²) in [6, 6.07) is 11.9. The highest BCUT2D eigenvalue weighted by Gasteiger charge is 2.12. The Morgan fingerprint density at radius 3 is 2.48 bits per heavy atom. The number of nitrogens with one attached hydrogen (secondary N) is 1. The van der Waals surface area contributed by atoms with Crippen molar-refractivity contribution in [2.75, 3.05) is 19.5 Å². The van der Waals surface area contributed by atoms with E-state index in [9.17, 15) is 15.2 Å². The van der Waals surface area contributed by atoms with Gasteiger partial charge in [-0.05, 0) is 70.6 Å². The minimum absolute atomic E-state index is 0.0152. The van der Waals surface area contributed by atoms with Gasteiger partial charge >= 0.3 is 0 Å². The van der Waals surface area contributed by atoms with Gasteiger partial charge in [0.2, 0.25) is 0 Å². The fraction of sp³-hybridized carbons (Fsp3) is 0.111. The number of benzene rings is 2. The Kier molecular flexibility index (Phi) is 6.25. The number of halogens is 1. The van der Waals surface area contributed by atoms with E-state index in [-0.39, 0.29) is 17.1 Å². The first-order chi connectivity index (χ1) is 12.0. The Morgan fingerprint density at radius 1 is 1.24 bits per heavy atom. The third kappa shape index (κ3) is 4.64. The van der Waals surface area contributed by atoms with E-state index in [1.807, 2.05) is 28.7 Å². The number of phenols is 1. The number of carbonyl (C=O) groups excluding carboxylic acids is 1. The summed E-state index contributed by atoms with van der Waals surface area (Å²) in [5, 5.41) is 21.8. The van der Waals surface area contributed by atoms with E-state index in [2.05, 4.69) is 5.32 Å². The van der Waals surface area contributed by atoms with Crippen molar-refractivity contribution in [3.8, 4) is 23.3 Å². The SMILES string of the molecule is COc1ccc(NC(=O)/C(C#N)=C/c2cc(I)c(O)c(OC)c2)cc1. The number of ether oxygens (including phenoxy) is 2. The molecule has 2 rings (SSSR count). The van der Waals surface area contributed by atoms with Gasteiger partial charge < -0.3 is 19.9 Å². The van der Waals surface area contributed by atoms with E-state index in [4.69, 9.17) is 9.47 Å². The Labute approximate surface area is 158 Å². The highest BCUT2D eigenvalue weighted by atomic mass is 127. The molecule has 0 fully saturated rings. The molecule has 0 aliphatic rings. The molecule has 0 radical (unpaired) electrons. The van der Waals surface area contributed by atoms with Gasteiger partial charge in [0.25, 0.3) is 5.91 Å². The lowest BCUT2D eigenvalue weighted by molar-refractivity contribution is -0.112. The zero-order valence-electron chi connectivity index (χ0n) is 13.5. The maximum absolute atomic E-state index is 12.3. The van der Waals surface area contributed by atoms with E-state index in [1.54, 1.807) is 43.5 Å². The number of aromatic hydroxyl groups is 1. The molecule has 7 heteroatoms. The van der Waals surface area contributed by atoms with Crippen molar-refractivity contribution in [3.63, 3.8) is 0 Å². The van der Waals surface area contributed by atoms with Gasteiger partial charge in [-0.1, -0.05) is 0 Å². The molecule has 2 aromatic rings. The van der Waals surface area contributed by atoms with E-state index in [0.29, 0.717) is 20.6 Å². The number of rotatable bonds is 5. The monoisotopic (exact) mass is 450 g/mol. The summed E-state index contributed by atoms with van der Waals surface area (Å²) in [6.07, 6.45) is 1.43. The van der Waals surface area contributed by atoms with Gasteiger partial charge in [0.15, 0.2) is 11.5 Å². The lowest BCUT2D eigenvalue weighted by Gasteiger charge is -2.08. The van der Waals surface area contributed by atoms with Gasteiger partial charge in [-0.25, -0.2) is 0 Å². The predicted molar refractivity (Wildman–Crippen MR) is 103 cm³/mol. The number of amides is 1. The first-order valence-electron chi connectivity index (χ1n) is 7.12. The van der Waals surface area contributed by atoms with Gasteiger partial charge in [-0.15, -0.1) is 0 Å². The van der Waals surface area contributed by atoms with E-state index >= 15 is 0 Å². The molecule has 25 heavy (non-hydrogen) atoms. The molecule has 0 saturated heterocycles. The van der Waals surface area contributed by atoms with Gasteiger partial charge in [0.1, 0.15) is 17.4 Å². The largest absolute Gasteiger partial charge is 0.504 e. The van der Waals surface area contributed by atoms with Crippen molar-refractivity contribution >= 4 is 40.3 Å². The van der Waals surface area contributed by atoms with Crippen LogP contribution >= 0.6 is 22.6 Å². The summed E-state index contributed by atoms with van der Waals surface area (Å²) in [5.41, 5.74) is 1.05. The number of anilines is 1. The number of methoxy groups -OCH3 is 2. The molecule has 2 N–H and O–H groups in total. The molecule has 0 unspecified atom stereocenters. The first-order valence-corrected chi connectivity index (χ1v) is 8.20. The molecule has 0 spiro atoms. The maximum atomic E-state index is 12.3. The fourth-order valence-corrected chi connectivity index (χ4v) is 2.65. The smallest absolute Gasteiger partial charge is 0.266 e. The zero-order valence-corrected chi connectivity index (χ0v) is 15.7. The Hall–Kier alpha value is -2.73. The van der Waals surface area contributed by atoms with Crippen molar-refractivity contribution in [1.82, 2.24) is 0 Å². The quantitative estimate of drug-likeness (QED) is 0.413. The molecule has 0 atom stereocenters. The molecule has 1 amide bonds. The van der Waals surface area contributed by atoms with Crippen molar-refractivity contribution in [2.45, 2.75) is 0 Å². The maximum Gasteiger partial charge on any atom is 0.266 e. The van der Waals surface area contributed by atoms with Crippen LogP contribution in [0.5, 0.6) is 17.2 Å². The molecular weight excluding hydrogens is 435 g/mol. The third-order valence-electron chi connectivity index (χ3n) is 3.29. The summed E-state index contributed by atoms with van der Waals surface area (Å²) in [7, 11) is 2.98. The standard InChI is InChI=1S/C18H15IN2O4/c1-24-14-5-3-13(4-6-14)21-18(23)12(10-20)7-11-8-15(19)17(22)16(9-11)25-2/h3-9,22H,1-2H3,(H,21,23)/b12-7+. The van der Waals surface area contributed by atoms with Crippen LogP contribution in [0.4, 0.5) is 5.69 Å². The van der Waals surface area contributed by atoms with Crippen LogP contribution in [-0.4, -0.2) is 25.2 Å². The topological polar surface area (TPSA) is 91.6 Å². The predicted octanol–water partition coefficient (Wildman–Crippen LogP) is 3.56. The number of nitriles is 1. The average molecular weight is 450 g/mol. The third-order valence-corrected chi connectivity index (χ3v) is 4.12. The molecule has 0 aliphatic heterocycles. The summed E-state index contributed by atoms with van der Waals surface area (Å²) in [6.45, 7) is 0. The highest BCUT2D eigenvalue weighted by molar-refractivity contribution is 14.1. The van der Waals surface area contributed by atoms with Crippen LogP contribution in [0.25, 0.3) is 6.08 Å². The highest BCUT2D eigenvalue weighted by Crippen LogP contribution is 2.33. The van der Waals surface area contributed by atoms with Crippen LogP contribution in [0, 0.1) is 14.9 Å². The summed E-state index contributed by atoms with van der Waals surface area (Å²) >= 11 is 1.95. The van der Waals surface area contributed by atoms with Crippen molar-refractivity contribution < 1.29 is 19.4 Å². The second kappa shape index (κ2) is 8.39. The molecular formula is C18H15IN2O4. The van der Waals surface area contributed by atoms with E-state index in [0.717, 1.165) is 0 Å². The van der Waals surface area contributed by atoms with Gasteiger partial charge in [-0.2, -0.15) is 5.26 Å². The number of nitrogens with zero attached hydrogens (tertiary/aromatic N) is 1. The van der Waals surface area contributed by atoms with Crippen molar-refractivity contribution in [3.05, 3.63) is 51.1 Å². The Morgan fingerprint density at radius 2 is 1.92 bits per heavy atom. The molecule has 0 aliphatic carbocycles. The zero-order chi connectivity index (χ0) is 18.4. The molecule has 2 aromatic carbocycles. The number of carbonyl (C=O) groups is 1. The van der Waals surface area contributed by atoms with Crippen LogP contribution in [0.2, 0.25) is 0 Å². The molecule has 128 valence electrons. The summed E-state index contributed by atoms with van der Waals surface area (Å²) < 4.78 is 10.7. The second-order valence-corrected chi connectivity index (χ2v) is 6.07. The van der Waals surface area contributed by atoms with Crippen LogP contribution in [0.3, 0.4) is 0 Å². The molecule has 0 saturated carbocycles. The summed E-state index contributed by atoms with van der Waals surface area (Å²) in [5.74, 6) is 0.418. The lowest BCUT2D eigenvalue weighted by Crippen LogP contribution is -2.13. The molecule has 0 heterocycles. The fourth-order valence-electron chi connectivity index (χ4n) is 2.02. The number of hydrogen-bond donors (Lipinski definition) is 2. The van der Waals surface area contributed by atoms with Gasteiger partial charge in [0.05, 0.1) is 17.8 Å². The van der Waals surface area contributed by atoms with Gasteiger partial charge in [0, 0.05) is 5.69 Å². The normalized spacial score (nSPS) is 10.7. The molecule has 0 aromatic heterocycles. The van der Waals surface area contributed by atoms with Crippen LogP contribution in [0.15, 0.2) is 42.0 Å². The van der Waals surface area contributed by atoms with Crippen LogP contribution in [-0.2, 0) is 4.79 Å². The lowest BCUT2D eigenvalue weighted by atomic mass is 10.1. The number of hydrogen-bond acceptors (Lipinski definition) is 5. The van der Waals surface area contributed by atoms with Crippen LogP contribution < -0.4 is 14.8 Å². The second-order valence-electron chi connectivity index (χ2n) is 4.91. The summed E-state index contributed by atoms with van der Waals surface area (Å²) in [4.78, 5) is 12.3. The van der Waals surface area contributed by atoms with Crippen LogP contribution in [0.1, 0.15) is 5.56 Å². The first kappa shape index (κ1) is 18.6. The molecule has 6 nitrogen and oxygen atoms in total. The van der Waals surface area contributed by atoms with Crippen molar-refractivity contribution in [2.24, 2.45) is 0 Å². The van der Waals surface area contributed by atoms with Gasteiger partial charge in [-0.3, -0.25) is 4.79 Å². The Balaban J connectivity index is 2.26. The van der Waals surface area contributed by atoms with E-state index in [1.165, 1.54) is 13.2 Å². The minimum atomic E-state index is -0.533. The number of phenolic OH excluding ortho intramolecular Hbond substituents is 1. The average Bonchev–Trinajstić information content (AvgIpc) is 2.62.